The minimum absolute atomic E-state index is 0.0298. The number of nitrogens with zero attached hydrogens (tertiary/aromatic N) is 2. The highest BCUT2D eigenvalue weighted by Crippen LogP contribution is 2.52. The lowest BCUT2D eigenvalue weighted by Gasteiger charge is -2.11. The average molecular weight is 496 g/mol. The summed E-state index contributed by atoms with van der Waals surface area (Å²) in [5.74, 6) is 0. The fraction of sp³-hybridized carbons (Fsp3) is 0. The van der Waals surface area contributed by atoms with Crippen LogP contribution in [-0.4, -0.2) is 9.97 Å². The van der Waals surface area contributed by atoms with Crippen molar-refractivity contribution >= 4 is 114 Å². The van der Waals surface area contributed by atoms with Crippen molar-refractivity contribution in [2.45, 2.75) is 9.79 Å². The first kappa shape index (κ1) is 19.6. The topological polar surface area (TPSA) is 25.8 Å². The zero-order valence-corrected chi connectivity index (χ0v) is 17.4. The van der Waals surface area contributed by atoms with E-state index in [0.717, 1.165) is 21.6 Å². The van der Waals surface area contributed by atoms with Crippen molar-refractivity contribution in [3.63, 3.8) is 0 Å². The molecule has 0 fully saturated rings. The van der Waals surface area contributed by atoms with Crippen molar-refractivity contribution in [2.24, 2.45) is 0 Å². The van der Waals surface area contributed by atoms with E-state index in [4.69, 9.17) is 92.8 Å². The molecular weight excluding hydrogens is 496 g/mol. The number of pyridine rings is 2. The standard InChI is InChI=1S/C10Cl8N2S2/c11-1-5(2(12)8(16)19-7(1)15)21-22-6-3(13)9(17)20-10(18)4(6)14. The van der Waals surface area contributed by atoms with Crippen molar-refractivity contribution < 1.29 is 0 Å². The Morgan fingerprint density at radius 1 is 0.455 bits per heavy atom. The van der Waals surface area contributed by atoms with Gasteiger partial charge in [-0.25, -0.2) is 9.97 Å². The predicted molar refractivity (Wildman–Crippen MR) is 100 cm³/mol. The Hall–Kier alpha value is 1.32. The Bertz CT molecular complexity index is 639. The first-order chi connectivity index (χ1) is 10.2. The van der Waals surface area contributed by atoms with Gasteiger partial charge in [-0.05, 0) is 21.6 Å². The Labute approximate surface area is 173 Å². The first-order valence-electron chi connectivity index (χ1n) is 4.98. The molecule has 2 aromatic rings. The Balaban J connectivity index is 2.40. The van der Waals surface area contributed by atoms with Gasteiger partial charge < -0.3 is 0 Å². The summed E-state index contributed by atoms with van der Waals surface area (Å²) in [5.41, 5.74) is 0. The van der Waals surface area contributed by atoms with Crippen LogP contribution in [0.25, 0.3) is 0 Å². The number of hydrogen-bond acceptors (Lipinski definition) is 4. The molecule has 2 aromatic heterocycles. The van der Waals surface area contributed by atoms with Crippen molar-refractivity contribution in [1.82, 2.24) is 9.97 Å². The molecule has 118 valence electrons. The molecule has 0 unspecified atom stereocenters. The smallest absolute Gasteiger partial charge is 0.150 e. The van der Waals surface area contributed by atoms with Gasteiger partial charge in [-0.2, -0.15) is 0 Å². The molecule has 0 bridgehead atoms. The molecule has 0 N–H and O–H groups in total. The Morgan fingerprint density at radius 2 is 0.682 bits per heavy atom. The van der Waals surface area contributed by atoms with Crippen molar-refractivity contribution in [3.05, 3.63) is 40.7 Å². The molecule has 2 heterocycles. The number of halogens is 8. The van der Waals surface area contributed by atoms with Crippen molar-refractivity contribution in [3.8, 4) is 0 Å². The molecule has 2 rings (SSSR count). The largest absolute Gasteiger partial charge is 0.221 e. The number of hydrogen-bond donors (Lipinski definition) is 0. The van der Waals surface area contributed by atoms with E-state index in [1.54, 1.807) is 0 Å². The van der Waals surface area contributed by atoms with Crippen LogP contribution in [0.3, 0.4) is 0 Å². The fourth-order valence-corrected chi connectivity index (χ4v) is 6.19. The van der Waals surface area contributed by atoms with E-state index in [9.17, 15) is 0 Å². The lowest BCUT2D eigenvalue weighted by Crippen LogP contribution is -1.87. The third kappa shape index (κ3) is 4.10. The third-order valence-electron chi connectivity index (χ3n) is 2.12. The lowest BCUT2D eigenvalue weighted by molar-refractivity contribution is 1.26. The van der Waals surface area contributed by atoms with Gasteiger partial charge in [-0.1, -0.05) is 92.8 Å². The maximum absolute atomic E-state index is 6.08. The van der Waals surface area contributed by atoms with Crippen LogP contribution in [0.15, 0.2) is 9.79 Å². The van der Waals surface area contributed by atoms with Crippen LogP contribution in [0.1, 0.15) is 0 Å². The minimum Gasteiger partial charge on any atom is -0.221 e. The van der Waals surface area contributed by atoms with Gasteiger partial charge in [-0.15, -0.1) is 0 Å². The molecule has 2 nitrogen and oxygen atoms in total. The molecule has 0 amide bonds. The van der Waals surface area contributed by atoms with Crippen molar-refractivity contribution in [2.75, 3.05) is 0 Å². The summed E-state index contributed by atoms with van der Waals surface area (Å²) in [4.78, 5) is 8.41. The van der Waals surface area contributed by atoms with Crippen molar-refractivity contribution in [1.29, 1.82) is 0 Å². The molecule has 0 atom stereocenters. The maximum Gasteiger partial charge on any atom is 0.150 e. The van der Waals surface area contributed by atoms with E-state index in [-0.39, 0.29) is 40.7 Å². The summed E-state index contributed by atoms with van der Waals surface area (Å²) in [6, 6.07) is 0. The summed E-state index contributed by atoms with van der Waals surface area (Å²) < 4.78 is 0. The Kier molecular flexibility index (Phi) is 7.26. The van der Waals surface area contributed by atoms with Gasteiger partial charge in [0.25, 0.3) is 0 Å². The second-order valence-electron chi connectivity index (χ2n) is 3.47. The SMILES string of the molecule is Clc1nc(Cl)c(Cl)c(SSc2c(Cl)c(Cl)nc(Cl)c2Cl)c1Cl. The molecule has 0 aliphatic heterocycles. The van der Waals surface area contributed by atoms with Crippen LogP contribution in [0.5, 0.6) is 0 Å². The highest BCUT2D eigenvalue weighted by molar-refractivity contribution is 8.76. The molecule has 0 radical (unpaired) electrons. The number of aromatic nitrogens is 2. The summed E-state index contributed by atoms with van der Waals surface area (Å²) in [7, 11) is 2.26. The average Bonchev–Trinajstić information content (AvgIpc) is 2.46. The second-order valence-corrected chi connectivity index (χ2v) is 8.56. The van der Waals surface area contributed by atoms with E-state index in [0.29, 0.717) is 9.79 Å². The van der Waals surface area contributed by atoms with E-state index in [2.05, 4.69) is 9.97 Å². The van der Waals surface area contributed by atoms with Gasteiger partial charge in [0.2, 0.25) is 0 Å². The minimum atomic E-state index is 0.0298. The monoisotopic (exact) mass is 492 g/mol. The highest BCUT2D eigenvalue weighted by Gasteiger charge is 2.20. The predicted octanol–water partition coefficient (Wildman–Crippen LogP) is 8.50. The zero-order chi connectivity index (χ0) is 16.6. The van der Waals surface area contributed by atoms with Gasteiger partial charge in [0.15, 0.2) is 20.6 Å². The molecule has 12 heteroatoms. The summed E-state index contributed by atoms with van der Waals surface area (Å²) >= 11 is 47.8. The molecule has 22 heavy (non-hydrogen) atoms. The quantitative estimate of drug-likeness (QED) is 0.315. The third-order valence-corrected chi connectivity index (χ3v) is 8.01. The summed E-state index contributed by atoms with van der Waals surface area (Å²) in [6.45, 7) is 0. The normalized spacial score (nSPS) is 11.1. The van der Waals surface area contributed by atoms with Gasteiger partial charge in [0, 0.05) is 0 Å². The van der Waals surface area contributed by atoms with Crippen LogP contribution >= 0.6 is 114 Å². The fourth-order valence-electron chi connectivity index (χ4n) is 1.17. The molecule has 0 aliphatic rings. The van der Waals surface area contributed by atoms with E-state index in [1.807, 2.05) is 0 Å². The van der Waals surface area contributed by atoms with Crippen LogP contribution in [0.2, 0.25) is 40.7 Å². The lowest BCUT2D eigenvalue weighted by atomic mass is 10.5. The summed E-state index contributed by atoms with van der Waals surface area (Å²) in [6.07, 6.45) is 0. The van der Waals surface area contributed by atoms with Gasteiger partial charge in [0.05, 0.1) is 29.9 Å². The molecule has 0 aliphatic carbocycles. The maximum atomic E-state index is 6.08. The summed E-state index contributed by atoms with van der Waals surface area (Å²) in [5, 5.41) is 0.756. The Morgan fingerprint density at radius 3 is 0.909 bits per heavy atom. The second kappa shape index (κ2) is 8.13. The van der Waals surface area contributed by atoms with E-state index in [1.165, 1.54) is 0 Å². The van der Waals surface area contributed by atoms with Crippen LogP contribution in [-0.2, 0) is 0 Å². The number of rotatable bonds is 3. The van der Waals surface area contributed by atoms with E-state index >= 15 is 0 Å². The van der Waals surface area contributed by atoms with Crippen LogP contribution in [0, 0.1) is 0 Å². The van der Waals surface area contributed by atoms with Gasteiger partial charge >= 0.3 is 0 Å². The van der Waals surface area contributed by atoms with Crippen LogP contribution in [0.4, 0.5) is 0 Å². The molecule has 0 saturated heterocycles. The molecule has 0 aromatic carbocycles. The van der Waals surface area contributed by atoms with Crippen LogP contribution < -0.4 is 0 Å². The highest BCUT2D eigenvalue weighted by atomic mass is 35.5. The van der Waals surface area contributed by atoms with E-state index < -0.39 is 0 Å². The van der Waals surface area contributed by atoms with Gasteiger partial charge in [0.1, 0.15) is 0 Å². The first-order valence-corrected chi connectivity index (χ1v) is 10.2. The molecule has 0 spiro atoms. The van der Waals surface area contributed by atoms with Gasteiger partial charge in [-0.3, -0.25) is 0 Å². The molecule has 0 saturated carbocycles. The molecular formula is C10Cl8N2S2. The zero-order valence-electron chi connectivity index (χ0n) is 9.73.